The van der Waals surface area contributed by atoms with Crippen LogP contribution in [-0.2, 0) is 6.42 Å². The first kappa shape index (κ1) is 16.0. The maximum absolute atomic E-state index is 13.3. The fourth-order valence-corrected chi connectivity index (χ4v) is 4.88. The van der Waals surface area contributed by atoms with Crippen LogP contribution < -0.4 is 0 Å². The molecule has 1 amide bonds. The maximum atomic E-state index is 13.3. The highest BCUT2D eigenvalue weighted by molar-refractivity contribution is 7.18. The molecule has 140 valence electrons. The van der Waals surface area contributed by atoms with Gasteiger partial charge in [0, 0.05) is 24.6 Å². The van der Waals surface area contributed by atoms with Crippen molar-refractivity contribution < 1.29 is 9.21 Å². The minimum atomic E-state index is -0.325. The van der Waals surface area contributed by atoms with Crippen LogP contribution in [0.1, 0.15) is 57.6 Å². The van der Waals surface area contributed by atoms with Crippen molar-refractivity contribution in [2.75, 3.05) is 6.54 Å². The van der Waals surface area contributed by atoms with Crippen LogP contribution >= 0.6 is 11.3 Å². The van der Waals surface area contributed by atoms with Crippen LogP contribution in [0.15, 0.2) is 41.2 Å². The van der Waals surface area contributed by atoms with Crippen molar-refractivity contribution in [2.45, 2.75) is 31.2 Å². The summed E-state index contributed by atoms with van der Waals surface area (Å²) in [5.41, 5.74) is 2.86. The third-order valence-electron chi connectivity index (χ3n) is 5.39. The highest BCUT2D eigenvalue weighted by Gasteiger charge is 2.38. The van der Waals surface area contributed by atoms with E-state index in [1.165, 1.54) is 0 Å². The molecule has 3 aromatic heterocycles. The Labute approximate surface area is 164 Å². The molecular formula is C20H17N5O2S. The van der Waals surface area contributed by atoms with E-state index in [0.717, 1.165) is 45.9 Å². The van der Waals surface area contributed by atoms with Crippen LogP contribution in [0.25, 0.3) is 10.2 Å². The van der Waals surface area contributed by atoms with E-state index in [0.29, 0.717) is 24.1 Å². The van der Waals surface area contributed by atoms with Gasteiger partial charge in [0.25, 0.3) is 5.91 Å². The predicted molar refractivity (Wildman–Crippen MR) is 103 cm³/mol. The van der Waals surface area contributed by atoms with Gasteiger partial charge in [-0.05, 0) is 25.0 Å². The van der Waals surface area contributed by atoms with Gasteiger partial charge in [-0.25, -0.2) is 15.0 Å². The number of carbonyl (C=O) groups excluding carboxylic acids is 1. The van der Waals surface area contributed by atoms with E-state index < -0.39 is 0 Å². The average Bonchev–Trinajstić information content (AvgIpc) is 3.14. The van der Waals surface area contributed by atoms with Crippen molar-refractivity contribution in [1.29, 1.82) is 0 Å². The molecular weight excluding hydrogens is 374 g/mol. The van der Waals surface area contributed by atoms with Crippen molar-refractivity contribution in [3.8, 4) is 0 Å². The van der Waals surface area contributed by atoms with E-state index in [4.69, 9.17) is 9.40 Å². The fraction of sp³-hybridized carbons (Fsp3) is 0.300. The zero-order valence-electron chi connectivity index (χ0n) is 15.0. The van der Waals surface area contributed by atoms with E-state index in [9.17, 15) is 4.79 Å². The predicted octanol–water partition coefficient (Wildman–Crippen LogP) is 3.67. The summed E-state index contributed by atoms with van der Waals surface area (Å²) in [6.45, 7) is 0.577. The molecule has 6 rings (SSSR count). The van der Waals surface area contributed by atoms with Gasteiger partial charge in [0.1, 0.15) is 11.0 Å². The number of para-hydroxylation sites is 1. The number of aromatic nitrogens is 4. The lowest BCUT2D eigenvalue weighted by Gasteiger charge is -2.33. The van der Waals surface area contributed by atoms with Crippen molar-refractivity contribution in [3.63, 3.8) is 0 Å². The summed E-state index contributed by atoms with van der Waals surface area (Å²) in [5, 5.41) is 0.865. The van der Waals surface area contributed by atoms with Gasteiger partial charge in [-0.1, -0.05) is 12.1 Å². The zero-order valence-corrected chi connectivity index (χ0v) is 15.8. The number of nitrogens with one attached hydrogen (secondary N) is 1. The number of aromatic amines is 1. The molecule has 1 N–H and O–H groups in total. The first-order valence-electron chi connectivity index (χ1n) is 9.42. The molecule has 4 heterocycles. The number of fused-ring (bicyclic) bond motifs is 2. The van der Waals surface area contributed by atoms with E-state index in [2.05, 4.69) is 21.0 Å². The second-order valence-electron chi connectivity index (χ2n) is 7.27. The van der Waals surface area contributed by atoms with Crippen LogP contribution in [0, 0.1) is 0 Å². The molecule has 1 aliphatic carbocycles. The van der Waals surface area contributed by atoms with Gasteiger partial charge in [-0.2, -0.15) is 0 Å². The number of H-pyrrole nitrogens is 1. The quantitative estimate of drug-likeness (QED) is 0.576. The molecule has 28 heavy (non-hydrogen) atoms. The topological polar surface area (TPSA) is 87.9 Å². The van der Waals surface area contributed by atoms with Gasteiger partial charge < -0.3 is 14.3 Å². The normalized spacial score (nSPS) is 19.1. The smallest absolute Gasteiger partial charge is 0.292 e. The number of nitrogens with zero attached hydrogens (tertiary/aromatic N) is 4. The zero-order chi connectivity index (χ0) is 18.7. The highest BCUT2D eigenvalue weighted by Crippen LogP contribution is 2.41. The molecule has 1 saturated carbocycles. The first-order valence-corrected chi connectivity index (χ1v) is 10.2. The summed E-state index contributed by atoms with van der Waals surface area (Å²) in [4.78, 5) is 32.0. The fourth-order valence-electron chi connectivity index (χ4n) is 3.80. The summed E-state index contributed by atoms with van der Waals surface area (Å²) < 4.78 is 6.89. The molecule has 0 saturated heterocycles. The molecule has 1 aliphatic heterocycles. The lowest BCUT2D eigenvalue weighted by atomic mass is 10.0. The van der Waals surface area contributed by atoms with Crippen LogP contribution in [0.5, 0.6) is 0 Å². The Bertz CT molecular complexity index is 1160. The van der Waals surface area contributed by atoms with Gasteiger partial charge in [0.15, 0.2) is 5.89 Å². The van der Waals surface area contributed by atoms with Gasteiger partial charge in [-0.3, -0.25) is 4.79 Å². The van der Waals surface area contributed by atoms with Crippen LogP contribution in [0.4, 0.5) is 0 Å². The molecule has 0 spiro atoms. The summed E-state index contributed by atoms with van der Waals surface area (Å²) >= 11 is 1.60. The second-order valence-corrected chi connectivity index (χ2v) is 8.34. The Morgan fingerprint density at radius 3 is 3.00 bits per heavy atom. The molecule has 0 radical (unpaired) electrons. The van der Waals surface area contributed by atoms with Crippen LogP contribution in [-0.4, -0.2) is 37.3 Å². The summed E-state index contributed by atoms with van der Waals surface area (Å²) in [7, 11) is 0. The van der Waals surface area contributed by atoms with E-state index >= 15 is 0 Å². The lowest BCUT2D eigenvalue weighted by Crippen LogP contribution is -2.40. The number of amides is 1. The Morgan fingerprint density at radius 2 is 2.14 bits per heavy atom. The van der Waals surface area contributed by atoms with Crippen LogP contribution in [0.3, 0.4) is 0 Å². The number of hydrogen-bond donors (Lipinski definition) is 1. The van der Waals surface area contributed by atoms with E-state index in [1.54, 1.807) is 23.9 Å². The molecule has 8 heteroatoms. The monoisotopic (exact) mass is 391 g/mol. The maximum Gasteiger partial charge on any atom is 0.292 e. The van der Waals surface area contributed by atoms with Gasteiger partial charge in [-0.15, -0.1) is 11.3 Å². The number of hydrogen-bond acceptors (Lipinski definition) is 6. The Kier molecular flexibility index (Phi) is 3.43. The number of benzene rings is 1. The second kappa shape index (κ2) is 6.00. The first-order chi connectivity index (χ1) is 13.8. The molecule has 0 bridgehead atoms. The summed E-state index contributed by atoms with van der Waals surface area (Å²) in [6.07, 6.45) is 6.15. The standard InChI is InChI=1S/C20H17N5O2S/c26-20(14-9-21-18(27-14)11-5-6-11)25-8-7-13-16(23-10-22-13)17(25)19-24-12-3-1-2-4-15(12)28-19/h1-4,9-11,17H,5-8H2,(H,22,23)/t17-/m0/s1. The van der Waals surface area contributed by atoms with Gasteiger partial charge in [0.2, 0.25) is 5.76 Å². The number of carbonyl (C=O) groups is 1. The summed E-state index contributed by atoms with van der Waals surface area (Å²) in [5.74, 6) is 1.20. The number of rotatable bonds is 3. The van der Waals surface area contributed by atoms with Gasteiger partial charge >= 0.3 is 0 Å². The Balaban J connectivity index is 1.43. The molecule has 2 aliphatic rings. The molecule has 7 nitrogen and oxygen atoms in total. The van der Waals surface area contributed by atoms with E-state index in [-0.39, 0.29) is 11.9 Å². The largest absolute Gasteiger partial charge is 0.435 e. The molecule has 1 aromatic carbocycles. The third kappa shape index (κ3) is 2.48. The molecule has 1 fully saturated rings. The highest BCUT2D eigenvalue weighted by atomic mass is 32.1. The molecule has 1 atom stereocenters. The van der Waals surface area contributed by atoms with Gasteiger partial charge in [0.05, 0.1) is 28.4 Å². The molecule has 4 aromatic rings. The summed E-state index contributed by atoms with van der Waals surface area (Å²) in [6, 6.07) is 7.70. The Hall–Kier alpha value is -3.00. The Morgan fingerprint density at radius 1 is 1.25 bits per heavy atom. The van der Waals surface area contributed by atoms with Crippen molar-refractivity contribution in [3.05, 3.63) is 64.8 Å². The van der Waals surface area contributed by atoms with Crippen molar-refractivity contribution in [1.82, 2.24) is 24.8 Å². The average molecular weight is 391 g/mol. The number of oxazole rings is 1. The molecule has 0 unspecified atom stereocenters. The number of thiazole rings is 1. The third-order valence-corrected chi connectivity index (χ3v) is 6.48. The van der Waals surface area contributed by atoms with E-state index in [1.807, 2.05) is 23.1 Å². The minimum Gasteiger partial charge on any atom is -0.435 e. The number of imidazole rings is 1. The van der Waals surface area contributed by atoms with Crippen LogP contribution in [0.2, 0.25) is 0 Å². The van der Waals surface area contributed by atoms with Crippen molar-refractivity contribution >= 4 is 27.5 Å². The SMILES string of the molecule is O=C(c1cnc(C2CC2)o1)N1CCc2[nH]cnc2[C@H]1c1nc2ccccc2s1. The lowest BCUT2D eigenvalue weighted by molar-refractivity contribution is 0.0656. The minimum absolute atomic E-state index is 0.155. The van der Waals surface area contributed by atoms with Crippen molar-refractivity contribution in [2.24, 2.45) is 0 Å².